The van der Waals surface area contributed by atoms with Crippen LogP contribution in [0.2, 0.25) is 0 Å². The van der Waals surface area contributed by atoms with Crippen molar-refractivity contribution in [2.45, 2.75) is 33.2 Å². The van der Waals surface area contributed by atoms with E-state index in [0.717, 1.165) is 23.8 Å². The van der Waals surface area contributed by atoms with Gasteiger partial charge in [-0.25, -0.2) is 18.4 Å². The molecule has 0 bridgehead atoms. The molecule has 112 valence electrons. The number of hydrogen-bond acceptors (Lipinski definition) is 5. The summed E-state index contributed by atoms with van der Waals surface area (Å²) in [5, 5.41) is 0. The maximum atomic E-state index is 11.7. The molecule has 0 aliphatic carbocycles. The van der Waals surface area contributed by atoms with Gasteiger partial charge in [-0.15, -0.1) is 0 Å². The molecule has 1 aromatic rings. The van der Waals surface area contributed by atoms with Crippen molar-refractivity contribution < 1.29 is 8.42 Å². The number of aryl methyl sites for hydroxylation is 2. The normalized spacial score (nSPS) is 21.2. The summed E-state index contributed by atoms with van der Waals surface area (Å²) < 4.78 is 24.9. The molecule has 0 radical (unpaired) electrons. The van der Waals surface area contributed by atoms with Crippen molar-refractivity contribution in [3.63, 3.8) is 0 Å². The average Bonchev–Trinajstić information content (AvgIpc) is 2.36. The predicted octanol–water partition coefficient (Wildman–Crippen LogP) is 0.818. The zero-order chi connectivity index (χ0) is 14.9. The second-order valence-electron chi connectivity index (χ2n) is 5.29. The van der Waals surface area contributed by atoms with Gasteiger partial charge in [-0.2, -0.15) is 4.31 Å². The molecule has 7 heteroatoms. The van der Waals surface area contributed by atoms with Gasteiger partial charge in [0.2, 0.25) is 10.0 Å². The molecule has 1 aromatic heterocycles. The van der Waals surface area contributed by atoms with Gasteiger partial charge in [0, 0.05) is 37.4 Å². The molecular formula is C13H22N4O2S. The van der Waals surface area contributed by atoms with E-state index in [0.29, 0.717) is 19.6 Å². The highest BCUT2D eigenvalue weighted by molar-refractivity contribution is 7.88. The summed E-state index contributed by atoms with van der Waals surface area (Å²) in [4.78, 5) is 11.0. The minimum absolute atomic E-state index is 0.0425. The second kappa shape index (κ2) is 5.65. The van der Waals surface area contributed by atoms with E-state index in [1.807, 2.05) is 19.9 Å². The zero-order valence-corrected chi connectivity index (χ0v) is 13.3. The number of aromatic nitrogens is 2. The van der Waals surface area contributed by atoms with Crippen LogP contribution in [-0.4, -0.2) is 54.6 Å². The van der Waals surface area contributed by atoms with Gasteiger partial charge < -0.3 is 4.90 Å². The largest absolute Gasteiger partial charge is 0.354 e. The van der Waals surface area contributed by atoms with E-state index >= 15 is 0 Å². The number of nitrogens with zero attached hydrogens (tertiary/aromatic N) is 4. The smallest absolute Gasteiger partial charge is 0.211 e. The molecule has 1 aliphatic heterocycles. The van der Waals surface area contributed by atoms with Crippen LogP contribution in [0, 0.1) is 6.92 Å². The third-order valence-corrected chi connectivity index (χ3v) is 4.95. The van der Waals surface area contributed by atoms with E-state index in [-0.39, 0.29) is 6.04 Å². The van der Waals surface area contributed by atoms with E-state index in [2.05, 4.69) is 21.8 Å². The van der Waals surface area contributed by atoms with Gasteiger partial charge in [0.25, 0.3) is 0 Å². The Morgan fingerprint density at radius 1 is 1.35 bits per heavy atom. The van der Waals surface area contributed by atoms with E-state index in [9.17, 15) is 8.42 Å². The Morgan fingerprint density at radius 3 is 2.60 bits per heavy atom. The maximum Gasteiger partial charge on any atom is 0.211 e. The van der Waals surface area contributed by atoms with Crippen LogP contribution in [0.4, 0.5) is 5.82 Å². The van der Waals surface area contributed by atoms with Gasteiger partial charge in [0.1, 0.15) is 11.6 Å². The van der Waals surface area contributed by atoms with E-state index in [1.54, 1.807) is 4.31 Å². The van der Waals surface area contributed by atoms with Gasteiger partial charge >= 0.3 is 0 Å². The number of sulfonamides is 1. The molecule has 2 heterocycles. The molecule has 1 aliphatic rings. The van der Waals surface area contributed by atoms with Crippen molar-refractivity contribution in [1.82, 2.24) is 14.3 Å². The Labute approximate surface area is 120 Å². The molecule has 0 unspecified atom stereocenters. The molecule has 0 aromatic carbocycles. The fourth-order valence-corrected chi connectivity index (χ4v) is 3.73. The minimum Gasteiger partial charge on any atom is -0.354 e. The Bertz CT molecular complexity index is 588. The van der Waals surface area contributed by atoms with E-state index in [4.69, 9.17) is 0 Å². The fraction of sp³-hybridized carbons (Fsp3) is 0.692. The molecule has 2 rings (SSSR count). The van der Waals surface area contributed by atoms with Crippen LogP contribution in [0.5, 0.6) is 0 Å². The van der Waals surface area contributed by atoms with Crippen LogP contribution in [0.3, 0.4) is 0 Å². The first-order valence-corrected chi connectivity index (χ1v) is 8.72. The van der Waals surface area contributed by atoms with Gasteiger partial charge in [0.15, 0.2) is 0 Å². The Morgan fingerprint density at radius 2 is 2.05 bits per heavy atom. The lowest BCUT2D eigenvalue weighted by atomic mass is 10.2. The second-order valence-corrected chi connectivity index (χ2v) is 7.22. The monoisotopic (exact) mass is 298 g/mol. The minimum atomic E-state index is -3.13. The summed E-state index contributed by atoms with van der Waals surface area (Å²) in [7, 11) is -3.13. The topological polar surface area (TPSA) is 66.4 Å². The summed E-state index contributed by atoms with van der Waals surface area (Å²) in [6, 6.07) is 1.95. The standard InChI is InChI=1S/C13H22N4O2S/c1-5-12-8-13(15-11(3)14-12)16-6-7-17(10(2)9-16)20(4,18)19/h8,10H,5-7,9H2,1-4H3/t10-/m0/s1. The lowest BCUT2D eigenvalue weighted by Crippen LogP contribution is -2.54. The molecule has 6 nitrogen and oxygen atoms in total. The number of piperazine rings is 1. The number of anilines is 1. The lowest BCUT2D eigenvalue weighted by molar-refractivity contribution is 0.308. The van der Waals surface area contributed by atoms with Crippen LogP contribution in [-0.2, 0) is 16.4 Å². The molecule has 1 fully saturated rings. The molecule has 1 saturated heterocycles. The quantitative estimate of drug-likeness (QED) is 0.826. The Kier molecular flexibility index (Phi) is 4.29. The molecule has 1 atom stereocenters. The van der Waals surface area contributed by atoms with Gasteiger partial charge in [-0.1, -0.05) is 6.92 Å². The van der Waals surface area contributed by atoms with Crippen LogP contribution in [0.25, 0.3) is 0 Å². The molecule has 0 N–H and O–H groups in total. The van der Waals surface area contributed by atoms with E-state index in [1.165, 1.54) is 6.26 Å². The first-order chi connectivity index (χ1) is 9.31. The predicted molar refractivity (Wildman–Crippen MR) is 79.4 cm³/mol. The van der Waals surface area contributed by atoms with Crippen molar-refractivity contribution in [3.8, 4) is 0 Å². The first-order valence-electron chi connectivity index (χ1n) is 6.87. The summed E-state index contributed by atoms with van der Waals surface area (Å²) in [5.41, 5.74) is 1.02. The fourth-order valence-electron chi connectivity index (χ4n) is 2.60. The molecular weight excluding hydrogens is 276 g/mol. The summed E-state index contributed by atoms with van der Waals surface area (Å²) in [6.45, 7) is 7.71. The highest BCUT2D eigenvalue weighted by Crippen LogP contribution is 2.19. The van der Waals surface area contributed by atoms with Crippen LogP contribution < -0.4 is 4.90 Å². The van der Waals surface area contributed by atoms with Crippen molar-refractivity contribution in [2.24, 2.45) is 0 Å². The Hall–Kier alpha value is -1.21. The SMILES string of the molecule is CCc1cc(N2CCN(S(C)(=O)=O)[C@@H](C)C2)nc(C)n1. The van der Waals surface area contributed by atoms with E-state index < -0.39 is 10.0 Å². The van der Waals surface area contributed by atoms with Crippen LogP contribution >= 0.6 is 0 Å². The van der Waals surface area contributed by atoms with Gasteiger partial charge in [0.05, 0.1) is 6.26 Å². The number of hydrogen-bond donors (Lipinski definition) is 0. The first kappa shape index (κ1) is 15.2. The summed E-state index contributed by atoms with van der Waals surface area (Å²) >= 11 is 0. The Balaban J connectivity index is 2.19. The third-order valence-electron chi connectivity index (χ3n) is 3.56. The molecule has 0 spiro atoms. The highest BCUT2D eigenvalue weighted by atomic mass is 32.2. The van der Waals surface area contributed by atoms with Crippen molar-refractivity contribution in [2.75, 3.05) is 30.8 Å². The summed E-state index contributed by atoms with van der Waals surface area (Å²) in [5.74, 6) is 1.66. The third kappa shape index (κ3) is 3.27. The number of rotatable bonds is 3. The van der Waals surface area contributed by atoms with Crippen molar-refractivity contribution >= 4 is 15.8 Å². The van der Waals surface area contributed by atoms with Crippen molar-refractivity contribution in [3.05, 3.63) is 17.6 Å². The molecule has 0 amide bonds. The van der Waals surface area contributed by atoms with Crippen molar-refractivity contribution in [1.29, 1.82) is 0 Å². The zero-order valence-electron chi connectivity index (χ0n) is 12.5. The van der Waals surface area contributed by atoms with Gasteiger partial charge in [-0.3, -0.25) is 0 Å². The average molecular weight is 298 g/mol. The van der Waals surface area contributed by atoms with Gasteiger partial charge in [-0.05, 0) is 20.3 Å². The molecule has 20 heavy (non-hydrogen) atoms. The van der Waals surface area contributed by atoms with Crippen LogP contribution in [0.15, 0.2) is 6.07 Å². The lowest BCUT2D eigenvalue weighted by Gasteiger charge is -2.39. The summed E-state index contributed by atoms with van der Waals surface area (Å²) in [6.07, 6.45) is 2.14. The maximum absolute atomic E-state index is 11.7. The van der Waals surface area contributed by atoms with Crippen LogP contribution in [0.1, 0.15) is 25.4 Å². The molecule has 0 saturated carbocycles. The highest BCUT2D eigenvalue weighted by Gasteiger charge is 2.30.